The van der Waals surface area contributed by atoms with Gasteiger partial charge in [-0.2, -0.15) is 0 Å². The molecule has 1 amide bonds. The topological polar surface area (TPSA) is 120 Å². The first kappa shape index (κ1) is 23.5. The van der Waals surface area contributed by atoms with Crippen LogP contribution in [0.1, 0.15) is 16.1 Å². The Balaban J connectivity index is 1.77. The van der Waals surface area contributed by atoms with E-state index in [0.717, 1.165) is 10.00 Å². The summed E-state index contributed by atoms with van der Waals surface area (Å²) >= 11 is 5.98. The summed E-state index contributed by atoms with van der Waals surface area (Å²) < 4.78 is 25.7. The lowest BCUT2D eigenvalue weighted by Gasteiger charge is -2.14. The fraction of sp³-hybridized carbons (Fsp3) is 0.190. The van der Waals surface area contributed by atoms with Crippen LogP contribution in [-0.2, 0) is 16.4 Å². The predicted molar refractivity (Wildman–Crippen MR) is 124 cm³/mol. The molecule has 3 N–H and O–H groups in total. The molecule has 0 saturated heterocycles. The lowest BCUT2D eigenvalue weighted by atomic mass is 10.2. The third-order valence-electron chi connectivity index (χ3n) is 4.42. The normalized spacial score (nSPS) is 12.1. The number of benzene rings is 2. The van der Waals surface area contributed by atoms with Crippen LogP contribution in [0.2, 0.25) is 5.02 Å². The summed E-state index contributed by atoms with van der Waals surface area (Å²) in [6, 6.07) is 12.7. The van der Waals surface area contributed by atoms with Gasteiger partial charge in [0.05, 0.1) is 11.2 Å². The molecule has 168 valence electrons. The Morgan fingerprint density at radius 2 is 1.94 bits per heavy atom. The summed E-state index contributed by atoms with van der Waals surface area (Å²) in [4.78, 5) is 24.2. The monoisotopic (exact) mass is 474 g/mol. The quantitative estimate of drug-likeness (QED) is 0.359. The molecule has 1 aromatic heterocycles. The van der Waals surface area contributed by atoms with E-state index in [0.29, 0.717) is 29.2 Å². The van der Waals surface area contributed by atoms with Crippen LogP contribution < -0.4 is 10.6 Å². The maximum Gasteiger partial charge on any atom is 0.258 e. The van der Waals surface area contributed by atoms with Crippen LogP contribution in [0.3, 0.4) is 0 Å². The largest absolute Gasteiger partial charge is 0.348 e. The van der Waals surface area contributed by atoms with Crippen molar-refractivity contribution in [1.29, 1.82) is 0 Å². The van der Waals surface area contributed by atoms with Crippen LogP contribution in [0.15, 0.2) is 70.9 Å². The van der Waals surface area contributed by atoms with Crippen molar-refractivity contribution in [1.82, 2.24) is 19.6 Å². The first-order chi connectivity index (χ1) is 15.3. The van der Waals surface area contributed by atoms with E-state index in [4.69, 9.17) is 11.6 Å². The second-order valence-corrected chi connectivity index (χ2v) is 9.55. The highest BCUT2D eigenvalue weighted by atomic mass is 35.5. The van der Waals surface area contributed by atoms with E-state index in [1.54, 1.807) is 48.9 Å². The number of sulfonamides is 1. The number of hydrogen-bond donors (Lipinski definition) is 3. The van der Waals surface area contributed by atoms with Gasteiger partial charge in [-0.05, 0) is 42.5 Å². The number of hydrogen-bond acceptors (Lipinski definition) is 5. The first-order valence-corrected chi connectivity index (χ1v) is 11.5. The molecule has 0 spiro atoms. The van der Waals surface area contributed by atoms with Crippen molar-refractivity contribution in [3.63, 3.8) is 0 Å². The summed E-state index contributed by atoms with van der Waals surface area (Å²) in [6.45, 7) is 0.382. The number of imidazole rings is 1. The van der Waals surface area contributed by atoms with Crippen molar-refractivity contribution < 1.29 is 13.2 Å². The van der Waals surface area contributed by atoms with Gasteiger partial charge in [-0.1, -0.05) is 17.7 Å². The second-order valence-electron chi connectivity index (χ2n) is 6.96. The number of rotatable bonds is 7. The Bertz CT molecular complexity index is 1190. The van der Waals surface area contributed by atoms with E-state index in [1.165, 1.54) is 26.2 Å². The van der Waals surface area contributed by atoms with Gasteiger partial charge in [-0.25, -0.2) is 17.7 Å². The number of carbonyl (C=O) groups is 1. The van der Waals surface area contributed by atoms with Gasteiger partial charge < -0.3 is 10.3 Å². The molecular formula is C21H23ClN6O3S. The number of anilines is 1. The maximum absolute atomic E-state index is 12.7. The fourth-order valence-corrected chi connectivity index (χ4v) is 3.78. The molecule has 0 atom stereocenters. The average molecular weight is 475 g/mol. The highest BCUT2D eigenvalue weighted by Gasteiger charge is 2.17. The first-order valence-electron chi connectivity index (χ1n) is 9.64. The highest BCUT2D eigenvalue weighted by molar-refractivity contribution is 7.89. The van der Waals surface area contributed by atoms with Crippen LogP contribution in [0.4, 0.5) is 5.69 Å². The third kappa shape index (κ3) is 6.16. The van der Waals surface area contributed by atoms with Gasteiger partial charge in [0.15, 0.2) is 0 Å². The summed E-state index contributed by atoms with van der Waals surface area (Å²) in [6.07, 6.45) is 3.89. The molecule has 3 aromatic rings. The zero-order valence-electron chi connectivity index (χ0n) is 17.5. The Labute approximate surface area is 191 Å². The van der Waals surface area contributed by atoms with Gasteiger partial charge >= 0.3 is 0 Å². The number of guanidine groups is 1. The minimum atomic E-state index is -3.54. The summed E-state index contributed by atoms with van der Waals surface area (Å²) in [5.41, 5.74) is 1.86. The third-order valence-corrected chi connectivity index (χ3v) is 6.48. The van der Waals surface area contributed by atoms with Gasteiger partial charge in [0.1, 0.15) is 0 Å². The minimum absolute atomic E-state index is 0.161. The van der Waals surface area contributed by atoms with Crippen molar-refractivity contribution in [2.45, 2.75) is 11.3 Å². The molecule has 0 bridgehead atoms. The summed E-state index contributed by atoms with van der Waals surface area (Å²) in [5, 5.41) is 6.22. The lowest BCUT2D eigenvalue weighted by Crippen LogP contribution is -2.36. The summed E-state index contributed by atoms with van der Waals surface area (Å²) in [7, 11) is -0.598. The number of aliphatic imine (C=N–C) groups is 1. The lowest BCUT2D eigenvalue weighted by molar-refractivity contribution is 0.0977. The molecule has 9 nitrogen and oxygen atoms in total. The molecule has 0 aliphatic heterocycles. The fourth-order valence-electron chi connectivity index (χ4n) is 2.69. The van der Waals surface area contributed by atoms with Crippen LogP contribution >= 0.6 is 11.6 Å². The molecule has 3 rings (SSSR count). The summed E-state index contributed by atoms with van der Waals surface area (Å²) in [5.74, 6) is -0.162. The standard InChI is InChI=1S/C21H23ClN6O3S/c1-28(2)32(30,31)19-8-6-17(7-9-19)26-21(24-11-10-18-13-23-14-25-18)27-20(29)15-4-3-5-16(22)12-15/h3-9,12-14H,10-11H2,1-2H3,(H,23,25)(H2,24,26,27,29). The Kier molecular flexibility index (Phi) is 7.62. The molecule has 0 saturated carbocycles. The van der Waals surface area contributed by atoms with Gasteiger partial charge in [0, 0.05) is 55.2 Å². The van der Waals surface area contributed by atoms with E-state index in [1.807, 2.05) is 0 Å². The van der Waals surface area contributed by atoms with Crippen LogP contribution in [0.25, 0.3) is 0 Å². The van der Waals surface area contributed by atoms with E-state index >= 15 is 0 Å². The molecular weight excluding hydrogens is 452 g/mol. The smallest absolute Gasteiger partial charge is 0.258 e. The molecule has 0 aliphatic rings. The van der Waals surface area contributed by atoms with Crippen LogP contribution in [0.5, 0.6) is 0 Å². The molecule has 0 fully saturated rings. The number of aromatic amines is 1. The highest BCUT2D eigenvalue weighted by Crippen LogP contribution is 2.17. The second kappa shape index (κ2) is 10.4. The van der Waals surface area contributed by atoms with Crippen molar-refractivity contribution in [3.05, 3.63) is 77.3 Å². The number of H-pyrrole nitrogens is 1. The maximum atomic E-state index is 12.7. The number of nitrogens with one attached hydrogen (secondary N) is 3. The van der Waals surface area contributed by atoms with E-state index in [-0.39, 0.29) is 16.8 Å². The van der Waals surface area contributed by atoms with E-state index < -0.39 is 10.0 Å². The number of aromatic nitrogens is 2. The SMILES string of the molecule is CN(C)S(=O)(=O)c1ccc(NC(=NCCc2cnc[nH]2)NC(=O)c2cccc(Cl)c2)cc1. The van der Waals surface area contributed by atoms with Gasteiger partial charge in [0.2, 0.25) is 16.0 Å². The van der Waals surface area contributed by atoms with Crippen molar-refractivity contribution >= 4 is 39.2 Å². The number of amides is 1. The molecule has 32 heavy (non-hydrogen) atoms. The molecule has 1 heterocycles. The molecule has 0 aliphatic carbocycles. The zero-order chi connectivity index (χ0) is 23.1. The minimum Gasteiger partial charge on any atom is -0.348 e. The van der Waals surface area contributed by atoms with E-state index in [9.17, 15) is 13.2 Å². The number of halogens is 1. The molecule has 2 aromatic carbocycles. The average Bonchev–Trinajstić information content (AvgIpc) is 3.27. The van der Waals surface area contributed by atoms with Crippen LogP contribution in [-0.4, -0.2) is 55.2 Å². The Morgan fingerprint density at radius 3 is 2.56 bits per heavy atom. The van der Waals surface area contributed by atoms with Crippen molar-refractivity contribution in [2.75, 3.05) is 26.0 Å². The van der Waals surface area contributed by atoms with Crippen LogP contribution in [0, 0.1) is 0 Å². The zero-order valence-corrected chi connectivity index (χ0v) is 19.1. The Hall–Kier alpha value is -3.21. The number of nitrogens with zero attached hydrogens (tertiary/aromatic N) is 3. The molecule has 0 radical (unpaired) electrons. The van der Waals surface area contributed by atoms with Gasteiger partial charge in [-0.15, -0.1) is 0 Å². The van der Waals surface area contributed by atoms with Crippen molar-refractivity contribution in [3.8, 4) is 0 Å². The Morgan fingerprint density at radius 1 is 1.19 bits per heavy atom. The van der Waals surface area contributed by atoms with Gasteiger partial charge in [0.25, 0.3) is 5.91 Å². The molecule has 11 heteroatoms. The van der Waals surface area contributed by atoms with E-state index in [2.05, 4.69) is 25.6 Å². The predicted octanol–water partition coefficient (Wildman–Crippen LogP) is 2.75. The molecule has 0 unspecified atom stereocenters. The van der Waals surface area contributed by atoms with Crippen molar-refractivity contribution in [2.24, 2.45) is 4.99 Å². The number of carbonyl (C=O) groups excluding carboxylic acids is 1. The van der Waals surface area contributed by atoms with Gasteiger partial charge in [-0.3, -0.25) is 15.1 Å².